The zero-order chi connectivity index (χ0) is 15.2. The third kappa shape index (κ3) is 3.82. The Morgan fingerprint density at radius 2 is 2.14 bits per heavy atom. The van der Waals surface area contributed by atoms with Crippen molar-refractivity contribution in [2.24, 2.45) is 0 Å². The van der Waals surface area contributed by atoms with Crippen LogP contribution in [0.15, 0.2) is 30.9 Å². The average Bonchev–Trinajstić information content (AvgIpc) is 2.93. The van der Waals surface area contributed by atoms with Crippen molar-refractivity contribution >= 4 is 11.8 Å². The van der Waals surface area contributed by atoms with E-state index in [1.165, 1.54) is 0 Å². The lowest BCUT2D eigenvalue weighted by molar-refractivity contribution is -0.137. The van der Waals surface area contributed by atoms with Crippen molar-refractivity contribution in [3.05, 3.63) is 36.4 Å². The minimum absolute atomic E-state index is 0.0783. The van der Waals surface area contributed by atoms with E-state index in [0.29, 0.717) is 23.6 Å². The smallest absolute Gasteiger partial charge is 0.303 e. The molecule has 2 rings (SSSR count). The van der Waals surface area contributed by atoms with Gasteiger partial charge >= 0.3 is 5.97 Å². The van der Waals surface area contributed by atoms with Gasteiger partial charge in [0.05, 0.1) is 6.04 Å². The highest BCUT2D eigenvalue weighted by Crippen LogP contribution is 2.32. The van der Waals surface area contributed by atoms with E-state index in [1.54, 1.807) is 24.3 Å². The van der Waals surface area contributed by atoms with E-state index in [4.69, 9.17) is 14.6 Å². The SMILES string of the molecule is C=CCNC(CCC(=O)O)C(=O)c1ccc2c(c1)OCO2. The fraction of sp³-hybridized carbons (Fsp3) is 0.333. The van der Waals surface area contributed by atoms with Gasteiger partial charge in [0.2, 0.25) is 6.79 Å². The lowest BCUT2D eigenvalue weighted by atomic mass is 9.99. The molecule has 0 radical (unpaired) electrons. The number of nitrogens with one attached hydrogen (secondary N) is 1. The third-order valence-corrected chi connectivity index (χ3v) is 3.13. The Hall–Kier alpha value is -2.34. The molecule has 1 aliphatic heterocycles. The molecule has 1 atom stereocenters. The molecular weight excluding hydrogens is 274 g/mol. The molecule has 21 heavy (non-hydrogen) atoms. The quantitative estimate of drug-likeness (QED) is 0.559. The van der Waals surface area contributed by atoms with Crippen LogP contribution in [0.25, 0.3) is 0 Å². The summed E-state index contributed by atoms with van der Waals surface area (Å²) in [6, 6.07) is 4.38. The van der Waals surface area contributed by atoms with Crippen LogP contribution in [0.4, 0.5) is 0 Å². The van der Waals surface area contributed by atoms with Crippen molar-refractivity contribution in [1.82, 2.24) is 5.32 Å². The van der Waals surface area contributed by atoms with Crippen LogP contribution >= 0.6 is 0 Å². The minimum atomic E-state index is -0.932. The van der Waals surface area contributed by atoms with Crippen molar-refractivity contribution < 1.29 is 24.2 Å². The van der Waals surface area contributed by atoms with Crippen molar-refractivity contribution in [2.45, 2.75) is 18.9 Å². The molecule has 6 nitrogen and oxygen atoms in total. The first-order valence-corrected chi connectivity index (χ1v) is 6.61. The third-order valence-electron chi connectivity index (χ3n) is 3.13. The molecule has 0 bridgehead atoms. The average molecular weight is 291 g/mol. The van der Waals surface area contributed by atoms with Crippen LogP contribution in [0, 0.1) is 0 Å². The Morgan fingerprint density at radius 1 is 1.38 bits per heavy atom. The highest BCUT2D eigenvalue weighted by Gasteiger charge is 2.23. The van der Waals surface area contributed by atoms with Gasteiger partial charge in [0.25, 0.3) is 0 Å². The molecular formula is C15H17NO5. The van der Waals surface area contributed by atoms with Crippen LogP contribution in [0.5, 0.6) is 11.5 Å². The molecule has 0 saturated carbocycles. The molecule has 6 heteroatoms. The second-order valence-electron chi connectivity index (χ2n) is 4.61. The molecule has 1 aliphatic rings. The molecule has 0 spiro atoms. The van der Waals surface area contributed by atoms with Gasteiger partial charge in [0.1, 0.15) is 0 Å². The predicted molar refractivity (Wildman–Crippen MR) is 75.8 cm³/mol. The summed E-state index contributed by atoms with van der Waals surface area (Å²) in [5, 5.41) is 11.8. The van der Waals surface area contributed by atoms with Crippen molar-refractivity contribution in [1.29, 1.82) is 0 Å². The number of hydrogen-bond donors (Lipinski definition) is 2. The van der Waals surface area contributed by atoms with Crippen LogP contribution in [0.1, 0.15) is 23.2 Å². The van der Waals surface area contributed by atoms with Crippen LogP contribution in [0.3, 0.4) is 0 Å². The second kappa shape index (κ2) is 6.90. The number of carbonyl (C=O) groups excluding carboxylic acids is 1. The monoisotopic (exact) mass is 291 g/mol. The van der Waals surface area contributed by atoms with E-state index in [-0.39, 0.29) is 25.4 Å². The molecule has 0 amide bonds. The fourth-order valence-corrected chi connectivity index (χ4v) is 2.07. The Morgan fingerprint density at radius 3 is 2.86 bits per heavy atom. The number of ether oxygens (including phenoxy) is 2. The van der Waals surface area contributed by atoms with Gasteiger partial charge in [-0.05, 0) is 24.6 Å². The highest BCUT2D eigenvalue weighted by molar-refractivity contribution is 6.00. The molecule has 112 valence electrons. The van der Waals surface area contributed by atoms with Gasteiger partial charge in [-0.25, -0.2) is 0 Å². The maximum Gasteiger partial charge on any atom is 0.303 e. The van der Waals surface area contributed by atoms with Crippen LogP contribution < -0.4 is 14.8 Å². The second-order valence-corrected chi connectivity index (χ2v) is 4.61. The van der Waals surface area contributed by atoms with Gasteiger partial charge in [-0.1, -0.05) is 6.08 Å². The lowest BCUT2D eigenvalue weighted by Crippen LogP contribution is -2.37. The zero-order valence-electron chi connectivity index (χ0n) is 11.5. The number of carboxylic acid groups (broad SMARTS) is 1. The number of fused-ring (bicyclic) bond motifs is 1. The largest absolute Gasteiger partial charge is 0.481 e. The Balaban J connectivity index is 2.12. The highest BCUT2D eigenvalue weighted by atomic mass is 16.7. The van der Waals surface area contributed by atoms with E-state index >= 15 is 0 Å². The molecule has 1 aromatic rings. The number of rotatable bonds is 8. The summed E-state index contributed by atoms with van der Waals surface area (Å²) in [4.78, 5) is 23.2. The summed E-state index contributed by atoms with van der Waals surface area (Å²) >= 11 is 0. The lowest BCUT2D eigenvalue weighted by Gasteiger charge is -2.16. The molecule has 0 saturated heterocycles. The molecule has 0 aromatic heterocycles. The zero-order valence-corrected chi connectivity index (χ0v) is 11.5. The van der Waals surface area contributed by atoms with Gasteiger partial charge in [-0.15, -0.1) is 6.58 Å². The molecule has 0 fully saturated rings. The summed E-state index contributed by atoms with van der Waals surface area (Å²) in [6.07, 6.45) is 1.77. The van der Waals surface area contributed by atoms with Crippen LogP contribution in [-0.4, -0.2) is 36.2 Å². The van der Waals surface area contributed by atoms with E-state index < -0.39 is 12.0 Å². The topological polar surface area (TPSA) is 84.9 Å². The van der Waals surface area contributed by atoms with E-state index in [9.17, 15) is 9.59 Å². The number of carbonyl (C=O) groups is 2. The summed E-state index contributed by atoms with van der Waals surface area (Å²) in [5.41, 5.74) is 0.464. The maximum absolute atomic E-state index is 12.5. The summed E-state index contributed by atoms with van der Waals surface area (Å²) in [6.45, 7) is 4.15. The maximum atomic E-state index is 12.5. The molecule has 2 N–H and O–H groups in total. The first-order chi connectivity index (χ1) is 10.1. The Labute approximate surface area is 122 Å². The Kier molecular flexibility index (Phi) is 4.94. The Bertz CT molecular complexity index is 555. The van der Waals surface area contributed by atoms with Crippen molar-refractivity contribution in [2.75, 3.05) is 13.3 Å². The molecule has 1 heterocycles. The number of benzene rings is 1. The fourth-order valence-electron chi connectivity index (χ4n) is 2.07. The first-order valence-electron chi connectivity index (χ1n) is 6.61. The molecule has 1 unspecified atom stereocenters. The summed E-state index contributed by atoms with van der Waals surface area (Å²) in [5.74, 6) is 0.0320. The van der Waals surface area contributed by atoms with E-state index in [1.807, 2.05) is 0 Å². The van der Waals surface area contributed by atoms with Gasteiger partial charge in [-0.2, -0.15) is 0 Å². The first kappa shape index (κ1) is 15.1. The number of Topliss-reactive ketones (excluding diaryl/α,β-unsaturated/α-hetero) is 1. The molecule has 1 aromatic carbocycles. The number of aliphatic carboxylic acids is 1. The number of hydrogen-bond acceptors (Lipinski definition) is 5. The van der Waals surface area contributed by atoms with Crippen molar-refractivity contribution in [3.63, 3.8) is 0 Å². The van der Waals surface area contributed by atoms with Gasteiger partial charge in [0, 0.05) is 18.5 Å². The van der Waals surface area contributed by atoms with Gasteiger partial charge in [0.15, 0.2) is 17.3 Å². The predicted octanol–water partition coefficient (Wildman–Crippen LogP) is 1.61. The number of carboxylic acids is 1. The van der Waals surface area contributed by atoms with Gasteiger partial charge < -0.3 is 19.9 Å². The minimum Gasteiger partial charge on any atom is -0.481 e. The van der Waals surface area contributed by atoms with E-state index in [0.717, 1.165) is 0 Å². The van der Waals surface area contributed by atoms with E-state index in [2.05, 4.69) is 11.9 Å². The molecule has 0 aliphatic carbocycles. The normalized spacial score (nSPS) is 13.7. The van der Waals surface area contributed by atoms with Crippen molar-refractivity contribution in [3.8, 4) is 11.5 Å². The van der Waals surface area contributed by atoms with Gasteiger partial charge in [-0.3, -0.25) is 9.59 Å². The summed E-state index contributed by atoms with van der Waals surface area (Å²) < 4.78 is 10.4. The summed E-state index contributed by atoms with van der Waals surface area (Å²) in [7, 11) is 0. The number of ketones is 1. The standard InChI is InChI=1S/C15H17NO5/c1-2-7-16-11(4-6-14(17)18)15(19)10-3-5-12-13(8-10)21-9-20-12/h2-3,5,8,11,16H,1,4,6-7,9H2,(H,17,18). The van der Waals surface area contributed by atoms with Crippen LogP contribution in [0.2, 0.25) is 0 Å². The van der Waals surface area contributed by atoms with Crippen LogP contribution in [-0.2, 0) is 4.79 Å².